The van der Waals surface area contributed by atoms with Crippen LogP contribution in [0, 0.1) is 11.7 Å². The molecule has 1 fully saturated rings. The van der Waals surface area contributed by atoms with Crippen LogP contribution in [0.2, 0.25) is 0 Å². The Morgan fingerprint density at radius 1 is 1.23 bits per heavy atom. The maximum Gasteiger partial charge on any atom is 0.254 e. The molecule has 0 atom stereocenters. The van der Waals surface area contributed by atoms with Crippen molar-refractivity contribution >= 4 is 17.7 Å². The number of amides is 3. The van der Waals surface area contributed by atoms with E-state index in [9.17, 15) is 18.8 Å². The molecule has 1 aromatic rings. The van der Waals surface area contributed by atoms with Crippen LogP contribution in [0.15, 0.2) is 24.3 Å². The van der Waals surface area contributed by atoms with Crippen LogP contribution in [0.3, 0.4) is 0 Å². The number of primary amides is 1. The zero-order valence-corrected chi connectivity index (χ0v) is 12.0. The number of benzene rings is 1. The van der Waals surface area contributed by atoms with Crippen molar-refractivity contribution < 1.29 is 18.8 Å². The molecule has 1 saturated heterocycles. The van der Waals surface area contributed by atoms with Gasteiger partial charge in [-0.15, -0.1) is 0 Å². The van der Waals surface area contributed by atoms with Gasteiger partial charge in [0, 0.05) is 19.0 Å². The van der Waals surface area contributed by atoms with Crippen LogP contribution in [0.4, 0.5) is 4.39 Å². The lowest BCUT2D eigenvalue weighted by molar-refractivity contribution is -0.133. The standard InChI is InChI=1S/C15H18FN3O3/c16-12-4-2-1-3-11(12)15(22)18-9-13(20)19-7-5-10(6-8-19)14(17)21/h1-4,10H,5-9H2,(H2,17,21)(H,18,22). The van der Waals surface area contributed by atoms with E-state index in [4.69, 9.17) is 5.73 Å². The second-order valence-electron chi connectivity index (χ2n) is 5.22. The fourth-order valence-corrected chi connectivity index (χ4v) is 2.42. The highest BCUT2D eigenvalue weighted by atomic mass is 19.1. The molecule has 6 nitrogen and oxygen atoms in total. The zero-order valence-electron chi connectivity index (χ0n) is 12.0. The maximum atomic E-state index is 13.4. The number of likely N-dealkylation sites (tertiary alicyclic amines) is 1. The largest absolute Gasteiger partial charge is 0.369 e. The molecule has 0 saturated carbocycles. The number of piperidine rings is 1. The summed E-state index contributed by atoms with van der Waals surface area (Å²) in [6.45, 7) is 0.665. The van der Waals surface area contributed by atoms with Crippen molar-refractivity contribution in [3.63, 3.8) is 0 Å². The Hall–Kier alpha value is -2.44. The van der Waals surface area contributed by atoms with E-state index in [2.05, 4.69) is 5.32 Å². The lowest BCUT2D eigenvalue weighted by Gasteiger charge is -2.30. The molecule has 0 bridgehead atoms. The third-order valence-electron chi connectivity index (χ3n) is 3.77. The molecule has 118 valence electrons. The Kier molecular flexibility index (Phi) is 5.08. The molecule has 2 rings (SSSR count). The summed E-state index contributed by atoms with van der Waals surface area (Å²) in [5.74, 6) is -2.06. The average molecular weight is 307 g/mol. The number of rotatable bonds is 4. The predicted molar refractivity (Wildman–Crippen MR) is 77.2 cm³/mol. The molecule has 0 aliphatic carbocycles. The second-order valence-corrected chi connectivity index (χ2v) is 5.22. The van der Waals surface area contributed by atoms with Gasteiger partial charge < -0.3 is 16.0 Å². The molecule has 0 radical (unpaired) electrons. The predicted octanol–water partition coefficient (Wildman–Crippen LogP) is 0.279. The number of nitrogens with zero attached hydrogens (tertiary/aromatic N) is 1. The number of carbonyl (C=O) groups excluding carboxylic acids is 3. The van der Waals surface area contributed by atoms with Crippen LogP contribution in [-0.2, 0) is 9.59 Å². The highest BCUT2D eigenvalue weighted by Gasteiger charge is 2.26. The van der Waals surface area contributed by atoms with E-state index in [0.29, 0.717) is 25.9 Å². The molecule has 1 heterocycles. The highest BCUT2D eigenvalue weighted by molar-refractivity contribution is 5.96. The van der Waals surface area contributed by atoms with Gasteiger partial charge in [-0.3, -0.25) is 14.4 Å². The van der Waals surface area contributed by atoms with Gasteiger partial charge >= 0.3 is 0 Å². The minimum Gasteiger partial charge on any atom is -0.369 e. The minimum absolute atomic E-state index is 0.0947. The van der Waals surface area contributed by atoms with Crippen LogP contribution >= 0.6 is 0 Å². The van der Waals surface area contributed by atoms with Gasteiger partial charge in [-0.05, 0) is 25.0 Å². The molecule has 22 heavy (non-hydrogen) atoms. The van der Waals surface area contributed by atoms with Crippen LogP contribution in [-0.4, -0.2) is 42.3 Å². The van der Waals surface area contributed by atoms with Crippen molar-refractivity contribution in [2.45, 2.75) is 12.8 Å². The van der Waals surface area contributed by atoms with Gasteiger partial charge in [-0.2, -0.15) is 0 Å². The Bertz CT molecular complexity index is 583. The summed E-state index contributed by atoms with van der Waals surface area (Å²) in [4.78, 5) is 36.4. The first-order chi connectivity index (χ1) is 10.5. The normalized spacial score (nSPS) is 15.4. The summed E-state index contributed by atoms with van der Waals surface area (Å²) in [5.41, 5.74) is 5.14. The number of nitrogens with one attached hydrogen (secondary N) is 1. The van der Waals surface area contributed by atoms with E-state index in [1.165, 1.54) is 18.2 Å². The van der Waals surface area contributed by atoms with Gasteiger partial charge in [0.15, 0.2) is 0 Å². The maximum absolute atomic E-state index is 13.4. The third-order valence-corrected chi connectivity index (χ3v) is 3.77. The summed E-state index contributed by atoms with van der Waals surface area (Å²) >= 11 is 0. The van der Waals surface area contributed by atoms with Crippen molar-refractivity contribution in [2.24, 2.45) is 11.7 Å². The van der Waals surface area contributed by atoms with E-state index >= 15 is 0 Å². The third kappa shape index (κ3) is 3.81. The lowest BCUT2D eigenvalue weighted by Crippen LogP contribution is -2.45. The molecule has 0 spiro atoms. The quantitative estimate of drug-likeness (QED) is 0.837. The molecule has 0 aromatic heterocycles. The van der Waals surface area contributed by atoms with Crippen LogP contribution in [0.5, 0.6) is 0 Å². The van der Waals surface area contributed by atoms with Crippen LogP contribution in [0.1, 0.15) is 23.2 Å². The number of carbonyl (C=O) groups is 3. The van der Waals surface area contributed by atoms with E-state index in [1.807, 2.05) is 0 Å². The molecular formula is C15H18FN3O3. The lowest BCUT2D eigenvalue weighted by atomic mass is 9.96. The zero-order chi connectivity index (χ0) is 16.1. The number of nitrogens with two attached hydrogens (primary N) is 1. The Balaban J connectivity index is 1.82. The van der Waals surface area contributed by atoms with E-state index < -0.39 is 11.7 Å². The van der Waals surface area contributed by atoms with Gasteiger partial charge in [0.1, 0.15) is 5.82 Å². The first-order valence-corrected chi connectivity index (χ1v) is 7.09. The van der Waals surface area contributed by atoms with Crippen molar-refractivity contribution in [2.75, 3.05) is 19.6 Å². The Morgan fingerprint density at radius 2 is 1.86 bits per heavy atom. The molecule has 3 amide bonds. The highest BCUT2D eigenvalue weighted by Crippen LogP contribution is 2.16. The van der Waals surface area contributed by atoms with Crippen molar-refractivity contribution in [1.29, 1.82) is 0 Å². The van der Waals surface area contributed by atoms with Crippen molar-refractivity contribution in [3.05, 3.63) is 35.6 Å². The number of halogens is 1. The molecule has 3 N–H and O–H groups in total. The van der Waals surface area contributed by atoms with Crippen molar-refractivity contribution in [1.82, 2.24) is 10.2 Å². The molecule has 1 aliphatic rings. The average Bonchev–Trinajstić information content (AvgIpc) is 2.52. The molecule has 0 unspecified atom stereocenters. The fraction of sp³-hybridized carbons (Fsp3) is 0.400. The first-order valence-electron chi connectivity index (χ1n) is 7.09. The summed E-state index contributed by atoms with van der Waals surface area (Å²) in [6.07, 6.45) is 1.06. The second kappa shape index (κ2) is 7.02. The van der Waals surface area contributed by atoms with E-state index in [1.54, 1.807) is 11.0 Å². The van der Waals surface area contributed by atoms with E-state index in [-0.39, 0.29) is 29.8 Å². The Morgan fingerprint density at radius 3 is 2.45 bits per heavy atom. The summed E-state index contributed by atoms with van der Waals surface area (Å²) < 4.78 is 13.4. The van der Waals surface area contributed by atoms with Gasteiger partial charge in [0.25, 0.3) is 5.91 Å². The van der Waals surface area contributed by atoms with Gasteiger partial charge in [-0.1, -0.05) is 12.1 Å². The summed E-state index contributed by atoms with van der Waals surface area (Å²) in [6, 6.07) is 5.58. The van der Waals surface area contributed by atoms with Crippen molar-refractivity contribution in [3.8, 4) is 0 Å². The van der Waals surface area contributed by atoms with Gasteiger partial charge in [-0.25, -0.2) is 4.39 Å². The molecule has 1 aliphatic heterocycles. The van der Waals surface area contributed by atoms with Gasteiger partial charge in [0.05, 0.1) is 12.1 Å². The SMILES string of the molecule is NC(=O)C1CCN(C(=O)CNC(=O)c2ccccc2F)CC1. The molecule has 1 aromatic carbocycles. The molecular weight excluding hydrogens is 289 g/mol. The van der Waals surface area contributed by atoms with E-state index in [0.717, 1.165) is 0 Å². The van der Waals surface area contributed by atoms with Crippen LogP contribution in [0.25, 0.3) is 0 Å². The minimum atomic E-state index is -0.630. The Labute approximate surface area is 127 Å². The summed E-state index contributed by atoms with van der Waals surface area (Å²) in [7, 11) is 0. The first kappa shape index (κ1) is 15.9. The topological polar surface area (TPSA) is 92.5 Å². The molecule has 7 heteroatoms. The number of hydrogen-bond donors (Lipinski definition) is 2. The summed E-state index contributed by atoms with van der Waals surface area (Å²) in [5, 5.41) is 2.41. The van der Waals surface area contributed by atoms with Crippen LogP contribution < -0.4 is 11.1 Å². The number of hydrogen-bond acceptors (Lipinski definition) is 3. The fourth-order valence-electron chi connectivity index (χ4n) is 2.42. The monoisotopic (exact) mass is 307 g/mol. The smallest absolute Gasteiger partial charge is 0.254 e. The van der Waals surface area contributed by atoms with Gasteiger partial charge in [0.2, 0.25) is 11.8 Å².